The second-order valence-corrected chi connectivity index (χ2v) is 3.05. The van der Waals surface area contributed by atoms with Crippen LogP contribution >= 0.6 is 11.9 Å². The maximum Gasteiger partial charge on any atom is 0.0948 e. The van der Waals surface area contributed by atoms with Gasteiger partial charge in [-0.25, -0.2) is 4.31 Å². The fraction of sp³-hybridized carbons (Fsp3) is 1.00. The van der Waals surface area contributed by atoms with E-state index < -0.39 is 12.2 Å². The Morgan fingerprint density at radius 3 is 2.00 bits per heavy atom. The van der Waals surface area contributed by atoms with Gasteiger partial charge in [-0.15, -0.1) is 0 Å². The molecule has 1 fully saturated rings. The molecule has 3 nitrogen and oxygen atoms in total. The molecule has 54 valence electrons. The van der Waals surface area contributed by atoms with Crippen LogP contribution in [0.25, 0.3) is 0 Å². The summed E-state index contributed by atoms with van der Waals surface area (Å²) < 4.78 is 1.94. The Morgan fingerprint density at radius 1 is 1.33 bits per heavy atom. The molecule has 0 saturated carbocycles. The Bertz CT molecular complexity index is 91.0. The van der Waals surface area contributed by atoms with E-state index in [0.717, 1.165) is 0 Å². The first-order chi connectivity index (χ1) is 4.24. The number of hydrogen-bond donors (Lipinski definition) is 2. The Morgan fingerprint density at radius 2 is 1.78 bits per heavy atom. The molecule has 2 N–H and O–H groups in total. The van der Waals surface area contributed by atoms with Crippen LogP contribution in [0.2, 0.25) is 0 Å². The predicted octanol–water partition coefficient (Wildman–Crippen LogP) is -0.698. The molecule has 2 unspecified atom stereocenters. The van der Waals surface area contributed by atoms with E-state index in [1.807, 2.05) is 10.6 Å². The average molecular weight is 149 g/mol. The van der Waals surface area contributed by atoms with Gasteiger partial charge in [0.2, 0.25) is 0 Å². The van der Waals surface area contributed by atoms with Crippen molar-refractivity contribution in [2.75, 3.05) is 19.3 Å². The smallest absolute Gasteiger partial charge is 0.0948 e. The van der Waals surface area contributed by atoms with E-state index in [1.54, 1.807) is 11.9 Å². The molecule has 1 rings (SSSR count). The number of β-amino-alcohol motifs (C(OH)–C–C–N with tert-alkyl or cyclic N) is 2. The van der Waals surface area contributed by atoms with Crippen molar-refractivity contribution in [2.24, 2.45) is 0 Å². The van der Waals surface area contributed by atoms with E-state index in [9.17, 15) is 0 Å². The topological polar surface area (TPSA) is 43.7 Å². The van der Waals surface area contributed by atoms with Gasteiger partial charge in [0, 0.05) is 13.1 Å². The SMILES string of the molecule is CSN1CC(O)C(O)C1. The maximum atomic E-state index is 8.99. The Labute approximate surface area is 58.8 Å². The van der Waals surface area contributed by atoms with E-state index in [0.29, 0.717) is 13.1 Å². The van der Waals surface area contributed by atoms with Crippen LogP contribution in [0.1, 0.15) is 0 Å². The third-order valence-corrected chi connectivity index (χ3v) is 2.30. The van der Waals surface area contributed by atoms with Crippen molar-refractivity contribution in [2.45, 2.75) is 12.2 Å². The lowest BCUT2D eigenvalue weighted by atomic mass is 10.3. The van der Waals surface area contributed by atoms with Crippen LogP contribution in [-0.2, 0) is 0 Å². The normalized spacial score (nSPS) is 37.7. The zero-order chi connectivity index (χ0) is 6.85. The molecule has 1 aliphatic heterocycles. The molecule has 0 aliphatic carbocycles. The number of aliphatic hydroxyl groups is 2. The minimum atomic E-state index is -0.544. The van der Waals surface area contributed by atoms with Gasteiger partial charge in [0.1, 0.15) is 0 Å². The van der Waals surface area contributed by atoms with Crippen molar-refractivity contribution < 1.29 is 10.2 Å². The first-order valence-electron chi connectivity index (χ1n) is 2.89. The molecular formula is C5H11NO2S. The van der Waals surface area contributed by atoms with Gasteiger partial charge in [-0.05, 0) is 6.26 Å². The second kappa shape index (κ2) is 2.88. The standard InChI is InChI=1S/C5H11NO2S/c1-9-6-2-4(7)5(8)3-6/h4-5,7-8H,2-3H2,1H3. The molecule has 1 aliphatic rings. The molecule has 0 radical (unpaired) electrons. The van der Waals surface area contributed by atoms with Crippen molar-refractivity contribution in [3.8, 4) is 0 Å². The maximum absolute atomic E-state index is 8.99. The summed E-state index contributed by atoms with van der Waals surface area (Å²) in [5.41, 5.74) is 0. The molecule has 1 heterocycles. The van der Waals surface area contributed by atoms with Gasteiger partial charge >= 0.3 is 0 Å². The average Bonchev–Trinajstić information content (AvgIpc) is 2.13. The van der Waals surface area contributed by atoms with Crippen molar-refractivity contribution in [3.63, 3.8) is 0 Å². The van der Waals surface area contributed by atoms with Gasteiger partial charge in [0.25, 0.3) is 0 Å². The van der Waals surface area contributed by atoms with Crippen LogP contribution in [0, 0.1) is 0 Å². The van der Waals surface area contributed by atoms with Crippen molar-refractivity contribution >= 4 is 11.9 Å². The molecule has 9 heavy (non-hydrogen) atoms. The minimum Gasteiger partial charge on any atom is -0.389 e. The Balaban J connectivity index is 2.35. The zero-order valence-electron chi connectivity index (χ0n) is 5.32. The lowest BCUT2D eigenvalue weighted by Gasteiger charge is -2.07. The number of rotatable bonds is 1. The molecule has 1 saturated heterocycles. The summed E-state index contributed by atoms with van der Waals surface area (Å²) >= 11 is 1.55. The van der Waals surface area contributed by atoms with Crippen LogP contribution in [0.5, 0.6) is 0 Å². The lowest BCUT2D eigenvalue weighted by Crippen LogP contribution is -2.22. The van der Waals surface area contributed by atoms with E-state index >= 15 is 0 Å². The molecule has 0 aromatic rings. The number of hydrogen-bond acceptors (Lipinski definition) is 4. The number of nitrogens with zero attached hydrogens (tertiary/aromatic N) is 1. The first-order valence-corrected chi connectivity index (χ1v) is 4.07. The first kappa shape index (κ1) is 7.34. The zero-order valence-corrected chi connectivity index (χ0v) is 6.14. The molecule has 4 heteroatoms. The fourth-order valence-electron chi connectivity index (χ4n) is 0.884. The molecule has 0 aromatic heterocycles. The van der Waals surface area contributed by atoms with Crippen molar-refractivity contribution in [3.05, 3.63) is 0 Å². The van der Waals surface area contributed by atoms with E-state index in [-0.39, 0.29) is 0 Å². The summed E-state index contributed by atoms with van der Waals surface area (Å²) in [4.78, 5) is 0. The van der Waals surface area contributed by atoms with Gasteiger partial charge in [-0.3, -0.25) is 0 Å². The molecule has 0 amide bonds. The van der Waals surface area contributed by atoms with Gasteiger partial charge in [-0.1, -0.05) is 11.9 Å². The molecule has 0 aromatic carbocycles. The van der Waals surface area contributed by atoms with Crippen LogP contribution in [0.3, 0.4) is 0 Å². The molecular weight excluding hydrogens is 138 g/mol. The highest BCUT2D eigenvalue weighted by molar-refractivity contribution is 7.96. The quantitative estimate of drug-likeness (QED) is 0.484. The molecule has 0 spiro atoms. The monoisotopic (exact) mass is 149 g/mol. The van der Waals surface area contributed by atoms with E-state index in [1.165, 1.54) is 0 Å². The Kier molecular flexibility index (Phi) is 2.35. The molecule has 2 atom stereocenters. The summed E-state index contributed by atoms with van der Waals surface area (Å²) in [6, 6.07) is 0. The van der Waals surface area contributed by atoms with Crippen molar-refractivity contribution in [1.29, 1.82) is 0 Å². The minimum absolute atomic E-state index is 0.544. The van der Waals surface area contributed by atoms with Crippen LogP contribution < -0.4 is 0 Å². The lowest BCUT2D eigenvalue weighted by molar-refractivity contribution is 0.0572. The van der Waals surface area contributed by atoms with Gasteiger partial charge in [-0.2, -0.15) is 0 Å². The highest BCUT2D eigenvalue weighted by Gasteiger charge is 2.28. The summed E-state index contributed by atoms with van der Waals surface area (Å²) in [5, 5.41) is 18.0. The summed E-state index contributed by atoms with van der Waals surface area (Å²) in [5.74, 6) is 0. The van der Waals surface area contributed by atoms with Crippen LogP contribution in [-0.4, -0.2) is 46.1 Å². The number of aliphatic hydroxyl groups excluding tert-OH is 2. The Hall–Kier alpha value is 0.230. The highest BCUT2D eigenvalue weighted by Crippen LogP contribution is 2.16. The van der Waals surface area contributed by atoms with E-state index in [4.69, 9.17) is 10.2 Å². The second-order valence-electron chi connectivity index (χ2n) is 2.16. The largest absolute Gasteiger partial charge is 0.389 e. The molecule has 0 bridgehead atoms. The van der Waals surface area contributed by atoms with E-state index in [2.05, 4.69) is 0 Å². The van der Waals surface area contributed by atoms with Crippen molar-refractivity contribution in [1.82, 2.24) is 4.31 Å². The third-order valence-electron chi connectivity index (χ3n) is 1.48. The fourth-order valence-corrected chi connectivity index (χ4v) is 1.49. The third kappa shape index (κ3) is 1.58. The summed E-state index contributed by atoms with van der Waals surface area (Å²) in [6.07, 6.45) is 0.847. The summed E-state index contributed by atoms with van der Waals surface area (Å²) in [6.45, 7) is 1.17. The van der Waals surface area contributed by atoms with Crippen LogP contribution in [0.15, 0.2) is 0 Å². The van der Waals surface area contributed by atoms with Gasteiger partial charge < -0.3 is 10.2 Å². The van der Waals surface area contributed by atoms with Gasteiger partial charge in [0.05, 0.1) is 12.2 Å². The van der Waals surface area contributed by atoms with Crippen LogP contribution in [0.4, 0.5) is 0 Å². The highest BCUT2D eigenvalue weighted by atomic mass is 32.2. The summed E-state index contributed by atoms with van der Waals surface area (Å²) in [7, 11) is 0. The van der Waals surface area contributed by atoms with Gasteiger partial charge in [0.15, 0.2) is 0 Å². The predicted molar refractivity (Wildman–Crippen MR) is 37.1 cm³/mol.